The van der Waals surface area contributed by atoms with Gasteiger partial charge in [-0.15, -0.1) is 0 Å². The number of aromatic nitrogens is 1. The van der Waals surface area contributed by atoms with Crippen molar-refractivity contribution in [3.63, 3.8) is 0 Å². The third kappa shape index (κ3) is 6.56. The number of nitrogens with one attached hydrogen (secondary N) is 2. The van der Waals surface area contributed by atoms with Crippen molar-refractivity contribution in [3.8, 4) is 5.75 Å². The lowest BCUT2D eigenvalue weighted by Crippen LogP contribution is -2.20. The highest BCUT2D eigenvalue weighted by atomic mass is 19.4. The first-order valence-corrected chi connectivity index (χ1v) is 9.22. The quantitative estimate of drug-likeness (QED) is 0.416. The number of carbonyl (C=O) groups excluding carboxylic acids is 1. The van der Waals surface area contributed by atoms with Crippen LogP contribution in [-0.4, -0.2) is 23.7 Å². The average Bonchev–Trinajstić information content (AvgIpc) is 2.74. The maximum atomic E-state index is 12.6. The molecule has 0 aliphatic carbocycles. The molecular weight excluding hydrogens is 409 g/mol. The monoisotopic (exact) mass is 428 g/mol. The predicted molar refractivity (Wildman–Crippen MR) is 112 cm³/mol. The Morgan fingerprint density at radius 3 is 2.52 bits per heavy atom. The van der Waals surface area contributed by atoms with Gasteiger partial charge in [0, 0.05) is 17.4 Å². The first-order valence-electron chi connectivity index (χ1n) is 9.22. The Kier molecular flexibility index (Phi) is 6.86. The highest BCUT2D eigenvalue weighted by molar-refractivity contribution is 5.92. The summed E-state index contributed by atoms with van der Waals surface area (Å²) in [7, 11) is 0. The minimum atomic E-state index is -4.45. The number of halogens is 3. The van der Waals surface area contributed by atoms with E-state index in [4.69, 9.17) is 4.74 Å². The van der Waals surface area contributed by atoms with Crippen molar-refractivity contribution in [2.24, 2.45) is 5.10 Å². The summed E-state index contributed by atoms with van der Waals surface area (Å²) >= 11 is 0. The summed E-state index contributed by atoms with van der Waals surface area (Å²) in [6.07, 6.45) is -2.30. The summed E-state index contributed by atoms with van der Waals surface area (Å²) in [5.41, 5.74) is 4.04. The molecule has 1 amide bonds. The smallest absolute Gasteiger partial charge is 0.417 e. The van der Waals surface area contributed by atoms with Crippen LogP contribution in [0.4, 0.5) is 24.7 Å². The van der Waals surface area contributed by atoms with Crippen molar-refractivity contribution in [2.45, 2.75) is 13.1 Å². The molecule has 6 nitrogen and oxygen atoms in total. The van der Waals surface area contributed by atoms with Gasteiger partial charge in [0.25, 0.3) is 5.91 Å². The Morgan fingerprint density at radius 2 is 1.84 bits per heavy atom. The van der Waals surface area contributed by atoms with Crippen LogP contribution in [0.15, 0.2) is 72.0 Å². The van der Waals surface area contributed by atoms with Gasteiger partial charge in [0.15, 0.2) is 6.61 Å². The maximum absolute atomic E-state index is 12.6. The number of hydrogen-bond donors (Lipinski definition) is 2. The van der Waals surface area contributed by atoms with Gasteiger partial charge >= 0.3 is 6.18 Å². The van der Waals surface area contributed by atoms with Gasteiger partial charge < -0.3 is 10.1 Å². The van der Waals surface area contributed by atoms with E-state index < -0.39 is 11.7 Å². The lowest BCUT2D eigenvalue weighted by Gasteiger charge is -2.10. The molecule has 9 heteroatoms. The van der Waals surface area contributed by atoms with Gasteiger partial charge in [0.2, 0.25) is 0 Å². The van der Waals surface area contributed by atoms with Crippen LogP contribution in [0.2, 0.25) is 0 Å². The van der Waals surface area contributed by atoms with Crippen molar-refractivity contribution < 1.29 is 22.7 Å². The van der Waals surface area contributed by atoms with Crippen LogP contribution in [0.5, 0.6) is 5.75 Å². The molecule has 0 aliphatic heterocycles. The van der Waals surface area contributed by atoms with Crippen LogP contribution in [0.25, 0.3) is 0 Å². The van der Waals surface area contributed by atoms with E-state index in [0.29, 0.717) is 17.0 Å². The number of benzene rings is 2. The first kappa shape index (κ1) is 21.8. The number of rotatable bonds is 7. The van der Waals surface area contributed by atoms with Gasteiger partial charge in [-0.2, -0.15) is 18.3 Å². The third-order valence-electron chi connectivity index (χ3n) is 4.09. The van der Waals surface area contributed by atoms with Crippen molar-refractivity contribution in [3.05, 3.63) is 83.6 Å². The Hall–Kier alpha value is -3.88. The van der Waals surface area contributed by atoms with E-state index >= 15 is 0 Å². The molecule has 0 saturated heterocycles. The third-order valence-corrected chi connectivity index (χ3v) is 4.09. The molecule has 1 aromatic heterocycles. The molecule has 2 aromatic carbocycles. The van der Waals surface area contributed by atoms with Gasteiger partial charge in [-0.05, 0) is 43.3 Å². The molecule has 0 atom stereocenters. The minimum Gasteiger partial charge on any atom is -0.483 e. The number of carbonyl (C=O) groups is 1. The SMILES string of the molecule is Cc1ccc(NC(=O)COc2ccccc2/C=N\Nc2ccc(C(F)(F)F)cn2)cc1. The highest BCUT2D eigenvalue weighted by Crippen LogP contribution is 2.28. The number of ether oxygens (including phenoxy) is 1. The van der Waals surface area contributed by atoms with Gasteiger partial charge in [-0.3, -0.25) is 10.2 Å². The number of para-hydroxylation sites is 1. The number of amides is 1. The predicted octanol–water partition coefficient (Wildman–Crippen LogP) is 4.87. The van der Waals surface area contributed by atoms with Crippen molar-refractivity contribution in [1.29, 1.82) is 0 Å². The van der Waals surface area contributed by atoms with Crippen LogP contribution in [0.1, 0.15) is 16.7 Å². The molecule has 0 radical (unpaired) electrons. The molecule has 2 N–H and O–H groups in total. The molecule has 0 fully saturated rings. The number of hydrazone groups is 1. The number of pyridine rings is 1. The van der Waals surface area contributed by atoms with E-state index in [-0.39, 0.29) is 18.3 Å². The van der Waals surface area contributed by atoms with Gasteiger partial charge in [-0.1, -0.05) is 29.8 Å². The van der Waals surface area contributed by atoms with E-state index in [1.54, 1.807) is 36.4 Å². The largest absolute Gasteiger partial charge is 0.483 e. The Labute approximate surface area is 176 Å². The zero-order chi connectivity index (χ0) is 22.3. The maximum Gasteiger partial charge on any atom is 0.417 e. The number of nitrogens with zero attached hydrogens (tertiary/aromatic N) is 2. The van der Waals surface area contributed by atoms with Gasteiger partial charge in [0.1, 0.15) is 11.6 Å². The lowest BCUT2D eigenvalue weighted by atomic mass is 10.2. The molecular formula is C22H19F3N4O2. The normalized spacial score (nSPS) is 11.4. The number of hydrogen-bond acceptors (Lipinski definition) is 5. The molecule has 0 bridgehead atoms. The van der Waals surface area contributed by atoms with Crippen molar-refractivity contribution in [2.75, 3.05) is 17.3 Å². The second-order valence-electron chi connectivity index (χ2n) is 6.54. The molecule has 31 heavy (non-hydrogen) atoms. The molecule has 0 spiro atoms. The fraction of sp³-hybridized carbons (Fsp3) is 0.136. The average molecular weight is 428 g/mol. The summed E-state index contributed by atoms with van der Waals surface area (Å²) < 4.78 is 43.3. The summed E-state index contributed by atoms with van der Waals surface area (Å²) in [4.78, 5) is 15.8. The molecule has 0 unspecified atom stereocenters. The Morgan fingerprint density at radius 1 is 1.10 bits per heavy atom. The van der Waals surface area contributed by atoms with E-state index in [1.165, 1.54) is 12.3 Å². The Balaban J connectivity index is 1.57. The van der Waals surface area contributed by atoms with E-state index in [0.717, 1.165) is 17.8 Å². The molecule has 3 rings (SSSR count). The second kappa shape index (κ2) is 9.75. The molecule has 0 saturated carbocycles. The van der Waals surface area contributed by atoms with Crippen LogP contribution in [0, 0.1) is 6.92 Å². The zero-order valence-electron chi connectivity index (χ0n) is 16.5. The van der Waals surface area contributed by atoms with Crippen molar-refractivity contribution in [1.82, 2.24) is 4.98 Å². The molecule has 0 aliphatic rings. The summed E-state index contributed by atoms with van der Waals surface area (Å²) in [6, 6.07) is 16.4. The summed E-state index contributed by atoms with van der Waals surface area (Å²) in [5.74, 6) is 0.260. The fourth-order valence-electron chi connectivity index (χ4n) is 2.49. The Bertz CT molecular complexity index is 1050. The van der Waals surface area contributed by atoms with Crippen LogP contribution in [0.3, 0.4) is 0 Å². The van der Waals surface area contributed by atoms with E-state index in [1.807, 2.05) is 19.1 Å². The topological polar surface area (TPSA) is 75.6 Å². The summed E-state index contributed by atoms with van der Waals surface area (Å²) in [6.45, 7) is 1.75. The second-order valence-corrected chi connectivity index (χ2v) is 6.54. The van der Waals surface area contributed by atoms with E-state index in [9.17, 15) is 18.0 Å². The lowest BCUT2D eigenvalue weighted by molar-refractivity contribution is -0.137. The van der Waals surface area contributed by atoms with Crippen LogP contribution in [-0.2, 0) is 11.0 Å². The minimum absolute atomic E-state index is 0.153. The van der Waals surface area contributed by atoms with Crippen LogP contribution < -0.4 is 15.5 Å². The fourth-order valence-corrected chi connectivity index (χ4v) is 2.49. The number of alkyl halides is 3. The number of anilines is 2. The summed E-state index contributed by atoms with van der Waals surface area (Å²) in [5, 5.41) is 6.71. The number of aryl methyl sites for hydroxylation is 1. The van der Waals surface area contributed by atoms with Crippen LogP contribution >= 0.6 is 0 Å². The molecule has 160 valence electrons. The van der Waals surface area contributed by atoms with E-state index in [2.05, 4.69) is 20.8 Å². The van der Waals surface area contributed by atoms with Crippen molar-refractivity contribution >= 4 is 23.6 Å². The first-order chi connectivity index (χ1) is 14.8. The van der Waals surface area contributed by atoms with Gasteiger partial charge in [0.05, 0.1) is 11.8 Å². The standard InChI is InChI=1S/C22H19F3N4O2/c1-15-6-9-18(10-7-15)28-21(30)14-31-19-5-3-2-4-16(19)12-27-29-20-11-8-17(13-26-20)22(23,24)25/h2-13H,14H2,1H3,(H,26,29)(H,28,30)/b27-12-. The van der Waals surface area contributed by atoms with Gasteiger partial charge in [-0.25, -0.2) is 4.98 Å². The molecule has 3 aromatic rings. The zero-order valence-corrected chi connectivity index (χ0v) is 16.5. The molecule has 1 heterocycles. The highest BCUT2D eigenvalue weighted by Gasteiger charge is 2.30.